The van der Waals surface area contributed by atoms with E-state index < -0.39 is 29.9 Å². The van der Waals surface area contributed by atoms with Gasteiger partial charge in [-0.2, -0.15) is 0 Å². The lowest BCUT2D eigenvalue weighted by Gasteiger charge is -2.44. The van der Waals surface area contributed by atoms with Gasteiger partial charge in [0.05, 0.1) is 6.54 Å². The molecule has 1 saturated carbocycles. The van der Waals surface area contributed by atoms with E-state index in [1.54, 1.807) is 27.7 Å². The Morgan fingerprint density at radius 3 is 2.57 bits per heavy atom. The van der Waals surface area contributed by atoms with Gasteiger partial charge in [-0.1, -0.05) is 6.42 Å². The Balaban J connectivity index is 3.05. The molecule has 21 heavy (non-hydrogen) atoms. The van der Waals surface area contributed by atoms with Gasteiger partial charge in [0.25, 0.3) is 0 Å². The van der Waals surface area contributed by atoms with Crippen LogP contribution in [0, 0.1) is 10.1 Å². The van der Waals surface area contributed by atoms with E-state index in [1.807, 2.05) is 0 Å². The lowest BCUT2D eigenvalue weighted by atomic mass is 9.78. The summed E-state index contributed by atoms with van der Waals surface area (Å²) in [4.78, 5) is 24.5. The van der Waals surface area contributed by atoms with Crippen molar-refractivity contribution in [2.45, 2.75) is 70.6 Å². The normalized spacial score (nSPS) is 26.2. The third kappa shape index (κ3) is 4.28. The number of ether oxygens (including phenoxy) is 1. The second-order valence-corrected chi connectivity index (χ2v) is 6.73. The van der Waals surface area contributed by atoms with Crippen LogP contribution in [-0.2, 0) is 4.74 Å². The SMILES string of the molecule is CC(C)(C)OC(=O)N(CCF)C1(C)CCCCC1[N+](=O)[O-]. The van der Waals surface area contributed by atoms with Gasteiger partial charge in [0.15, 0.2) is 0 Å². The summed E-state index contributed by atoms with van der Waals surface area (Å²) in [6, 6.07) is -0.884. The standard InChI is InChI=1S/C14H25FN2O4/c1-13(2,3)21-12(18)16(10-9-15)14(4)8-6-5-7-11(14)17(19)20/h11H,5-10H2,1-4H3. The molecule has 0 spiro atoms. The van der Waals surface area contributed by atoms with Crippen LogP contribution in [0.15, 0.2) is 0 Å². The zero-order valence-corrected chi connectivity index (χ0v) is 13.2. The molecule has 7 heteroatoms. The fourth-order valence-electron chi connectivity index (χ4n) is 2.90. The summed E-state index contributed by atoms with van der Waals surface area (Å²) in [6.45, 7) is 5.88. The minimum Gasteiger partial charge on any atom is -0.444 e. The van der Waals surface area contributed by atoms with Crippen LogP contribution in [0.2, 0.25) is 0 Å². The zero-order valence-electron chi connectivity index (χ0n) is 13.2. The second-order valence-electron chi connectivity index (χ2n) is 6.73. The van der Waals surface area contributed by atoms with Gasteiger partial charge in [-0.25, -0.2) is 9.18 Å². The molecule has 122 valence electrons. The number of alkyl halides is 1. The molecule has 0 aliphatic heterocycles. The lowest BCUT2D eigenvalue weighted by molar-refractivity contribution is -0.542. The van der Waals surface area contributed by atoms with Crippen molar-refractivity contribution in [1.82, 2.24) is 4.90 Å². The predicted octanol–water partition coefficient (Wildman–Crippen LogP) is 3.17. The van der Waals surface area contributed by atoms with Crippen LogP contribution in [0.1, 0.15) is 53.4 Å². The number of amides is 1. The van der Waals surface area contributed by atoms with Gasteiger partial charge in [0.2, 0.25) is 6.04 Å². The molecule has 0 aromatic carbocycles. The van der Waals surface area contributed by atoms with Crippen LogP contribution in [0.3, 0.4) is 0 Å². The number of hydrogen-bond acceptors (Lipinski definition) is 4. The highest BCUT2D eigenvalue weighted by molar-refractivity contribution is 5.69. The minimum absolute atomic E-state index is 0.185. The monoisotopic (exact) mass is 304 g/mol. The molecule has 0 saturated heterocycles. The van der Waals surface area contributed by atoms with Gasteiger partial charge in [-0.15, -0.1) is 0 Å². The average Bonchev–Trinajstić information content (AvgIpc) is 2.33. The fraction of sp³-hybridized carbons (Fsp3) is 0.929. The Bertz CT molecular complexity index is 397. The molecule has 2 atom stereocenters. The summed E-state index contributed by atoms with van der Waals surface area (Å²) < 4.78 is 18.2. The van der Waals surface area contributed by atoms with Crippen LogP contribution in [0.25, 0.3) is 0 Å². The highest BCUT2D eigenvalue weighted by atomic mass is 19.1. The molecule has 2 unspecified atom stereocenters. The van der Waals surface area contributed by atoms with Crippen molar-refractivity contribution in [1.29, 1.82) is 0 Å². The maximum absolute atomic E-state index is 12.9. The molecule has 0 radical (unpaired) electrons. The molecule has 0 N–H and O–H groups in total. The first-order valence-corrected chi connectivity index (χ1v) is 7.32. The van der Waals surface area contributed by atoms with E-state index in [4.69, 9.17) is 4.74 Å². The number of hydrogen-bond donors (Lipinski definition) is 0. The topological polar surface area (TPSA) is 72.7 Å². The van der Waals surface area contributed by atoms with Gasteiger partial charge in [-0.05, 0) is 40.5 Å². The Labute approximate surface area is 124 Å². The maximum Gasteiger partial charge on any atom is 0.411 e. The van der Waals surface area contributed by atoms with Crippen molar-refractivity contribution in [3.05, 3.63) is 10.1 Å². The Kier molecular flexibility index (Phi) is 5.53. The first-order chi connectivity index (χ1) is 9.62. The van der Waals surface area contributed by atoms with E-state index >= 15 is 0 Å². The van der Waals surface area contributed by atoms with Crippen molar-refractivity contribution >= 4 is 6.09 Å². The van der Waals surface area contributed by atoms with Crippen LogP contribution in [-0.4, -0.2) is 46.3 Å². The van der Waals surface area contributed by atoms with Gasteiger partial charge in [0, 0.05) is 11.3 Å². The molecular formula is C14H25FN2O4. The molecule has 0 heterocycles. The smallest absolute Gasteiger partial charge is 0.411 e. The Morgan fingerprint density at radius 1 is 1.48 bits per heavy atom. The lowest BCUT2D eigenvalue weighted by Crippen LogP contribution is -2.61. The average molecular weight is 304 g/mol. The van der Waals surface area contributed by atoms with Gasteiger partial charge in [-0.3, -0.25) is 15.0 Å². The second kappa shape index (κ2) is 6.58. The van der Waals surface area contributed by atoms with Crippen molar-refractivity contribution in [2.24, 2.45) is 0 Å². The Morgan fingerprint density at radius 2 is 2.10 bits per heavy atom. The van der Waals surface area contributed by atoms with E-state index in [1.165, 1.54) is 4.90 Å². The Hall–Kier alpha value is -1.40. The molecule has 1 aliphatic carbocycles. The van der Waals surface area contributed by atoms with E-state index in [2.05, 4.69) is 0 Å². The molecule has 0 aromatic heterocycles. The fourth-order valence-corrected chi connectivity index (χ4v) is 2.90. The number of halogens is 1. The maximum atomic E-state index is 12.9. The molecule has 1 fully saturated rings. The largest absolute Gasteiger partial charge is 0.444 e. The van der Waals surface area contributed by atoms with Gasteiger partial charge in [0.1, 0.15) is 17.8 Å². The third-order valence-corrected chi connectivity index (χ3v) is 3.92. The molecule has 0 aromatic rings. The number of nitrogens with zero attached hydrogens (tertiary/aromatic N) is 2. The molecule has 0 bridgehead atoms. The molecule has 1 rings (SSSR count). The summed E-state index contributed by atoms with van der Waals surface area (Å²) in [7, 11) is 0. The molecule has 1 aliphatic rings. The van der Waals surface area contributed by atoms with Crippen LogP contribution < -0.4 is 0 Å². The molecular weight excluding hydrogens is 279 g/mol. The van der Waals surface area contributed by atoms with Crippen LogP contribution in [0.5, 0.6) is 0 Å². The molecule has 6 nitrogen and oxygen atoms in total. The first-order valence-electron chi connectivity index (χ1n) is 7.32. The van der Waals surface area contributed by atoms with Crippen molar-refractivity contribution in [2.75, 3.05) is 13.2 Å². The predicted molar refractivity (Wildman–Crippen MR) is 76.6 cm³/mol. The van der Waals surface area contributed by atoms with Crippen LogP contribution in [0.4, 0.5) is 9.18 Å². The summed E-state index contributed by atoms with van der Waals surface area (Å²) in [5.74, 6) is 0. The van der Waals surface area contributed by atoms with E-state index in [0.29, 0.717) is 12.8 Å². The third-order valence-electron chi connectivity index (χ3n) is 3.92. The highest BCUT2D eigenvalue weighted by Crippen LogP contribution is 2.36. The van der Waals surface area contributed by atoms with E-state index in [-0.39, 0.29) is 11.5 Å². The summed E-state index contributed by atoms with van der Waals surface area (Å²) in [5.41, 5.74) is -1.73. The number of nitro groups is 1. The van der Waals surface area contributed by atoms with Crippen molar-refractivity contribution < 1.29 is 18.8 Å². The summed E-state index contributed by atoms with van der Waals surface area (Å²) >= 11 is 0. The minimum atomic E-state index is -1.00. The number of carbonyl (C=O) groups excluding carboxylic acids is 1. The van der Waals surface area contributed by atoms with Crippen LogP contribution >= 0.6 is 0 Å². The van der Waals surface area contributed by atoms with Gasteiger partial charge >= 0.3 is 6.09 Å². The molecule has 1 amide bonds. The van der Waals surface area contributed by atoms with E-state index in [9.17, 15) is 19.3 Å². The highest BCUT2D eigenvalue weighted by Gasteiger charge is 2.51. The van der Waals surface area contributed by atoms with Crippen molar-refractivity contribution in [3.8, 4) is 0 Å². The number of carbonyl (C=O) groups is 1. The zero-order chi connectivity index (χ0) is 16.3. The van der Waals surface area contributed by atoms with Gasteiger partial charge < -0.3 is 4.74 Å². The van der Waals surface area contributed by atoms with E-state index in [0.717, 1.165) is 12.8 Å². The first kappa shape index (κ1) is 17.7. The summed E-state index contributed by atoms with van der Waals surface area (Å²) in [5, 5.41) is 11.3. The quantitative estimate of drug-likeness (QED) is 0.590. The van der Waals surface area contributed by atoms with Crippen molar-refractivity contribution in [3.63, 3.8) is 0 Å². The number of rotatable bonds is 4. The summed E-state index contributed by atoms with van der Waals surface area (Å²) in [6.07, 6.45) is 1.73.